The second-order valence-electron chi connectivity index (χ2n) is 14.5. The van der Waals surface area contributed by atoms with Crippen molar-refractivity contribution in [1.82, 2.24) is 20.4 Å². The molecule has 320 valence electrons. The molecular formula is C46H55N9O6. The molecule has 1 atom stereocenters. The number of fused-ring (bicyclic) bond motifs is 1. The first-order valence-corrected chi connectivity index (χ1v) is 20.8. The standard InChI is InChI=1S/C46H55N9O6/c1-5-54(6-2)24-12-22-47-43(58)34-26-35(44(59)48-23-13-25-55(7-3)8-4)28-38(27-34)50-45(60)32-16-19-36(20-17-32)52-53-41(42(57)31-14-10-9-11-15-31)46(61)49-37-21-18-33-29-40(56)51-39(33)30-37/h9-11,14-21,26-28,30,41H,5-8,12-13,22-25,29H2,1-4H3,(H,47,58)(H,48,59)(H,49,61)(H,50,60)(H,51,56). The molecule has 1 unspecified atom stereocenters. The van der Waals surface area contributed by atoms with E-state index in [-0.39, 0.29) is 57.8 Å². The first kappa shape index (κ1) is 45.5. The molecule has 15 nitrogen and oxygen atoms in total. The highest BCUT2D eigenvalue weighted by Crippen LogP contribution is 2.27. The lowest BCUT2D eigenvalue weighted by Gasteiger charge is -2.18. The Bertz CT molecular complexity index is 2150. The molecule has 5 N–H and O–H groups in total. The molecule has 0 aliphatic carbocycles. The Morgan fingerprint density at radius 1 is 0.639 bits per heavy atom. The van der Waals surface area contributed by atoms with Crippen LogP contribution in [0.25, 0.3) is 0 Å². The highest BCUT2D eigenvalue weighted by molar-refractivity contribution is 6.17. The van der Waals surface area contributed by atoms with E-state index < -0.39 is 23.6 Å². The van der Waals surface area contributed by atoms with Crippen LogP contribution in [0, 0.1) is 0 Å². The van der Waals surface area contributed by atoms with Crippen molar-refractivity contribution in [3.05, 3.63) is 119 Å². The molecule has 61 heavy (non-hydrogen) atoms. The van der Waals surface area contributed by atoms with E-state index in [9.17, 15) is 28.8 Å². The van der Waals surface area contributed by atoms with Crippen molar-refractivity contribution in [3.63, 3.8) is 0 Å². The van der Waals surface area contributed by atoms with Gasteiger partial charge in [-0.15, -0.1) is 0 Å². The Morgan fingerprint density at radius 2 is 1.23 bits per heavy atom. The summed E-state index contributed by atoms with van der Waals surface area (Å²) in [6, 6.07) is 22.4. The molecule has 5 rings (SSSR count). The minimum absolute atomic E-state index is 0.148. The average molecular weight is 830 g/mol. The molecule has 0 saturated carbocycles. The average Bonchev–Trinajstić information content (AvgIpc) is 3.65. The lowest BCUT2D eigenvalue weighted by atomic mass is 10.0. The predicted molar refractivity (Wildman–Crippen MR) is 237 cm³/mol. The van der Waals surface area contributed by atoms with Gasteiger partial charge < -0.3 is 36.4 Å². The van der Waals surface area contributed by atoms with Crippen LogP contribution >= 0.6 is 0 Å². The quantitative estimate of drug-likeness (QED) is 0.0263. The third kappa shape index (κ3) is 13.2. The minimum Gasteiger partial charge on any atom is -0.352 e. The van der Waals surface area contributed by atoms with Crippen LogP contribution in [-0.2, 0) is 16.0 Å². The second-order valence-corrected chi connectivity index (χ2v) is 14.5. The van der Waals surface area contributed by atoms with Crippen LogP contribution < -0.4 is 26.6 Å². The van der Waals surface area contributed by atoms with E-state index in [1.54, 1.807) is 48.5 Å². The highest BCUT2D eigenvalue weighted by Gasteiger charge is 2.29. The predicted octanol–water partition coefficient (Wildman–Crippen LogP) is 6.33. The Hall–Kier alpha value is -6.58. The van der Waals surface area contributed by atoms with Gasteiger partial charge in [-0.2, -0.15) is 10.2 Å². The molecule has 1 aliphatic rings. The molecule has 15 heteroatoms. The SMILES string of the molecule is CCN(CC)CCCNC(=O)c1cc(NC(=O)c2ccc(N=NC(C(=O)Nc3ccc4c(c3)NC(=O)C4)C(=O)c3ccccc3)cc2)cc(C(=O)NCCCN(CC)CC)c1. The lowest BCUT2D eigenvalue weighted by Crippen LogP contribution is -2.33. The number of nitrogens with one attached hydrogen (secondary N) is 5. The summed E-state index contributed by atoms with van der Waals surface area (Å²) in [6.07, 6.45) is 1.76. The number of carbonyl (C=O) groups is 6. The molecule has 0 aromatic heterocycles. The topological polar surface area (TPSA) is 194 Å². The third-order valence-electron chi connectivity index (χ3n) is 10.4. The van der Waals surface area contributed by atoms with E-state index in [4.69, 9.17) is 0 Å². The highest BCUT2D eigenvalue weighted by atomic mass is 16.2. The van der Waals surface area contributed by atoms with E-state index >= 15 is 0 Å². The third-order valence-corrected chi connectivity index (χ3v) is 10.4. The molecule has 0 saturated heterocycles. The van der Waals surface area contributed by atoms with Crippen molar-refractivity contribution in [3.8, 4) is 0 Å². The number of nitrogens with zero attached hydrogens (tertiary/aromatic N) is 4. The fraction of sp³-hybridized carbons (Fsp3) is 0.348. The monoisotopic (exact) mass is 829 g/mol. The van der Waals surface area contributed by atoms with E-state index in [1.165, 1.54) is 42.5 Å². The number of rotatable bonds is 22. The number of ketones is 1. The van der Waals surface area contributed by atoms with Crippen LogP contribution in [0.15, 0.2) is 101 Å². The molecule has 0 bridgehead atoms. The Morgan fingerprint density at radius 3 is 1.80 bits per heavy atom. The molecule has 1 aliphatic heterocycles. The van der Waals surface area contributed by atoms with E-state index in [1.807, 2.05) is 0 Å². The summed E-state index contributed by atoms with van der Waals surface area (Å²) < 4.78 is 0. The molecule has 0 fully saturated rings. The van der Waals surface area contributed by atoms with E-state index in [0.29, 0.717) is 24.5 Å². The maximum absolute atomic E-state index is 13.5. The van der Waals surface area contributed by atoms with Crippen molar-refractivity contribution in [2.45, 2.75) is 53.0 Å². The van der Waals surface area contributed by atoms with Crippen LogP contribution in [0.5, 0.6) is 0 Å². The number of hydrogen-bond donors (Lipinski definition) is 5. The van der Waals surface area contributed by atoms with Gasteiger partial charge in [0.15, 0.2) is 5.78 Å². The molecule has 0 radical (unpaired) electrons. The molecule has 5 amide bonds. The number of azo groups is 1. The fourth-order valence-electron chi connectivity index (χ4n) is 6.75. The number of anilines is 3. The van der Waals surface area contributed by atoms with Gasteiger partial charge in [0, 0.05) is 52.4 Å². The van der Waals surface area contributed by atoms with Crippen LogP contribution in [0.1, 0.15) is 87.5 Å². The Kier molecular flexibility index (Phi) is 16.9. The van der Waals surface area contributed by atoms with Crippen molar-refractivity contribution in [2.75, 3.05) is 68.3 Å². The van der Waals surface area contributed by atoms with Crippen molar-refractivity contribution in [1.29, 1.82) is 0 Å². The van der Waals surface area contributed by atoms with Gasteiger partial charge in [-0.25, -0.2) is 0 Å². The zero-order valence-corrected chi connectivity index (χ0v) is 35.3. The largest absolute Gasteiger partial charge is 0.352 e. The second kappa shape index (κ2) is 22.7. The molecular weight excluding hydrogens is 775 g/mol. The lowest BCUT2D eigenvalue weighted by molar-refractivity contribution is -0.116. The van der Waals surface area contributed by atoms with Crippen LogP contribution in [-0.4, -0.2) is 104 Å². The first-order chi connectivity index (χ1) is 29.5. The van der Waals surface area contributed by atoms with Gasteiger partial charge in [0.2, 0.25) is 11.9 Å². The zero-order valence-electron chi connectivity index (χ0n) is 35.3. The molecule has 1 heterocycles. The number of benzene rings is 4. The molecule has 4 aromatic rings. The summed E-state index contributed by atoms with van der Waals surface area (Å²) in [6.45, 7) is 14.6. The van der Waals surface area contributed by atoms with E-state index in [2.05, 4.69) is 74.3 Å². The van der Waals surface area contributed by atoms with Gasteiger partial charge in [-0.1, -0.05) is 64.1 Å². The maximum Gasteiger partial charge on any atom is 0.259 e. The number of Topliss-reactive ketones (excluding diaryl/α,β-unsaturated/α-hetero) is 1. The van der Waals surface area contributed by atoms with Gasteiger partial charge >= 0.3 is 0 Å². The summed E-state index contributed by atoms with van der Waals surface area (Å²) in [5, 5.41) is 22.5. The molecule has 0 spiro atoms. The smallest absolute Gasteiger partial charge is 0.259 e. The van der Waals surface area contributed by atoms with Gasteiger partial charge in [0.25, 0.3) is 23.6 Å². The van der Waals surface area contributed by atoms with Crippen LogP contribution in [0.4, 0.5) is 22.7 Å². The summed E-state index contributed by atoms with van der Waals surface area (Å²) in [7, 11) is 0. The minimum atomic E-state index is -1.55. The normalized spacial score (nSPS) is 12.5. The van der Waals surface area contributed by atoms with Gasteiger partial charge in [0.05, 0.1) is 12.1 Å². The molecule has 4 aromatic carbocycles. The van der Waals surface area contributed by atoms with E-state index in [0.717, 1.165) is 57.7 Å². The van der Waals surface area contributed by atoms with Gasteiger partial charge in [-0.05, 0) is 112 Å². The Balaban J connectivity index is 1.29. The Labute approximate surface area is 356 Å². The fourth-order valence-corrected chi connectivity index (χ4v) is 6.75. The number of hydrogen-bond acceptors (Lipinski definition) is 10. The number of carbonyl (C=O) groups excluding carboxylic acids is 6. The first-order valence-electron chi connectivity index (χ1n) is 20.8. The van der Waals surface area contributed by atoms with Crippen molar-refractivity contribution >= 4 is 58.1 Å². The number of amides is 5. The van der Waals surface area contributed by atoms with Gasteiger partial charge in [-0.3, -0.25) is 28.8 Å². The summed E-state index contributed by atoms with van der Waals surface area (Å²) >= 11 is 0. The van der Waals surface area contributed by atoms with Crippen molar-refractivity contribution in [2.24, 2.45) is 10.2 Å². The summed E-state index contributed by atoms with van der Waals surface area (Å²) in [4.78, 5) is 83.5. The van der Waals surface area contributed by atoms with Gasteiger partial charge in [0.1, 0.15) is 0 Å². The summed E-state index contributed by atoms with van der Waals surface area (Å²) in [5.41, 5.74) is 3.26. The summed E-state index contributed by atoms with van der Waals surface area (Å²) in [5.74, 6) is -2.67. The van der Waals surface area contributed by atoms with Crippen LogP contribution in [0.2, 0.25) is 0 Å². The zero-order chi connectivity index (χ0) is 43.7. The maximum atomic E-state index is 13.5. The van der Waals surface area contributed by atoms with Crippen LogP contribution in [0.3, 0.4) is 0 Å². The van der Waals surface area contributed by atoms with Crippen molar-refractivity contribution < 1.29 is 28.8 Å².